The lowest BCUT2D eigenvalue weighted by atomic mass is 10.0. The molecule has 0 aliphatic carbocycles. The molecule has 0 saturated heterocycles. The van der Waals surface area contributed by atoms with E-state index in [1.165, 1.54) is 0 Å². The van der Waals surface area contributed by atoms with Crippen LogP contribution in [0.15, 0.2) is 59.6 Å². The Kier molecular flexibility index (Phi) is 7.91. The zero-order valence-electron chi connectivity index (χ0n) is 17.7. The third-order valence-electron chi connectivity index (χ3n) is 5.12. The predicted molar refractivity (Wildman–Crippen MR) is 128 cm³/mol. The van der Waals surface area contributed by atoms with Crippen molar-refractivity contribution in [3.8, 4) is 0 Å². The summed E-state index contributed by atoms with van der Waals surface area (Å²) < 4.78 is 28.5. The maximum Gasteiger partial charge on any atom is 0.241 e. The summed E-state index contributed by atoms with van der Waals surface area (Å²) in [7, 11) is -3.85. The Morgan fingerprint density at radius 2 is 1.84 bits per heavy atom. The number of hydrogen-bond donors (Lipinski definition) is 3. The number of benzene rings is 2. The van der Waals surface area contributed by atoms with Crippen molar-refractivity contribution < 1.29 is 13.2 Å². The number of aromatic amines is 1. The van der Waals surface area contributed by atoms with Gasteiger partial charge < -0.3 is 10.3 Å². The highest BCUT2D eigenvalue weighted by Crippen LogP contribution is 2.20. The number of carbonyl (C=O) groups is 1. The quantitative estimate of drug-likeness (QED) is 0.286. The van der Waals surface area contributed by atoms with Crippen LogP contribution in [-0.4, -0.2) is 36.7 Å². The normalized spacial score (nSPS) is 13.8. The highest BCUT2D eigenvalue weighted by atomic mass is 79.9. The van der Waals surface area contributed by atoms with Crippen molar-refractivity contribution in [1.29, 1.82) is 0 Å². The van der Waals surface area contributed by atoms with Gasteiger partial charge in [-0.25, -0.2) is 8.42 Å². The van der Waals surface area contributed by atoms with Crippen LogP contribution in [0.1, 0.15) is 30.9 Å². The number of H-pyrrole nitrogens is 1. The van der Waals surface area contributed by atoms with Crippen LogP contribution >= 0.6 is 15.9 Å². The molecule has 31 heavy (non-hydrogen) atoms. The first-order chi connectivity index (χ1) is 14.8. The molecule has 0 aliphatic heterocycles. The fraction of sp³-hybridized carbons (Fsp3) is 0.348. The van der Waals surface area contributed by atoms with Crippen LogP contribution in [0, 0.1) is 6.92 Å². The highest BCUT2D eigenvalue weighted by Gasteiger charge is 2.26. The van der Waals surface area contributed by atoms with E-state index in [1.807, 2.05) is 37.4 Å². The number of para-hydroxylation sites is 1. The Balaban J connectivity index is 1.81. The number of alkyl halides is 1. The second kappa shape index (κ2) is 10.4. The van der Waals surface area contributed by atoms with E-state index in [2.05, 4.69) is 37.9 Å². The molecule has 1 unspecified atom stereocenters. The van der Waals surface area contributed by atoms with E-state index >= 15 is 0 Å². The lowest BCUT2D eigenvalue weighted by molar-refractivity contribution is -0.122. The SMILES string of the molecule is Cc1ccc(S(=O)(=O)N[C@@H](Cc2c[nH]c3ccccc23)C(=O)NCCCC(C)Br)cc1. The first-order valence-electron chi connectivity index (χ1n) is 10.3. The van der Waals surface area contributed by atoms with Crippen molar-refractivity contribution in [3.05, 3.63) is 65.9 Å². The van der Waals surface area contributed by atoms with E-state index in [-0.39, 0.29) is 17.2 Å². The van der Waals surface area contributed by atoms with Crippen molar-refractivity contribution >= 4 is 42.8 Å². The van der Waals surface area contributed by atoms with Crippen molar-refractivity contribution in [3.63, 3.8) is 0 Å². The first kappa shape index (κ1) is 23.5. The fourth-order valence-corrected chi connectivity index (χ4v) is 4.92. The molecule has 0 spiro atoms. The van der Waals surface area contributed by atoms with E-state index in [9.17, 15) is 13.2 Å². The summed E-state index contributed by atoms with van der Waals surface area (Å²) >= 11 is 3.50. The number of sulfonamides is 1. The largest absolute Gasteiger partial charge is 0.361 e. The van der Waals surface area contributed by atoms with Gasteiger partial charge in [-0.3, -0.25) is 4.79 Å². The van der Waals surface area contributed by atoms with Gasteiger partial charge in [0.25, 0.3) is 0 Å². The number of hydrogen-bond acceptors (Lipinski definition) is 3. The average Bonchev–Trinajstić information content (AvgIpc) is 3.13. The van der Waals surface area contributed by atoms with Crippen LogP contribution in [0.3, 0.4) is 0 Å². The number of amides is 1. The van der Waals surface area contributed by atoms with Crippen LogP contribution in [-0.2, 0) is 21.2 Å². The van der Waals surface area contributed by atoms with E-state index in [1.54, 1.807) is 24.3 Å². The summed E-state index contributed by atoms with van der Waals surface area (Å²) in [6.07, 6.45) is 3.80. The molecule has 166 valence electrons. The van der Waals surface area contributed by atoms with E-state index in [0.29, 0.717) is 11.4 Å². The molecule has 0 saturated carbocycles. The van der Waals surface area contributed by atoms with E-state index in [4.69, 9.17) is 0 Å². The molecular weight excluding hydrogens is 478 g/mol. The van der Waals surface area contributed by atoms with Gasteiger partial charge in [0.15, 0.2) is 0 Å². The number of carbonyl (C=O) groups excluding carboxylic acids is 1. The number of halogens is 1. The molecule has 6 nitrogen and oxygen atoms in total. The maximum absolute atomic E-state index is 13.0. The fourth-order valence-electron chi connectivity index (χ4n) is 3.40. The first-order valence-corrected chi connectivity index (χ1v) is 12.7. The molecular formula is C23H28BrN3O3S. The van der Waals surface area contributed by atoms with Gasteiger partial charge in [-0.15, -0.1) is 0 Å². The van der Waals surface area contributed by atoms with Crippen molar-refractivity contribution in [2.24, 2.45) is 0 Å². The summed E-state index contributed by atoms with van der Waals surface area (Å²) in [5.41, 5.74) is 2.80. The molecule has 2 aromatic carbocycles. The Labute approximate surface area is 192 Å². The number of aromatic nitrogens is 1. The Morgan fingerprint density at radius 1 is 1.13 bits per heavy atom. The van der Waals surface area contributed by atoms with Gasteiger partial charge in [-0.2, -0.15) is 4.72 Å². The van der Waals surface area contributed by atoms with Gasteiger partial charge in [0.1, 0.15) is 6.04 Å². The number of rotatable bonds is 10. The third kappa shape index (κ3) is 6.41. The molecule has 0 aliphatic rings. The van der Waals surface area contributed by atoms with E-state index < -0.39 is 16.1 Å². The topological polar surface area (TPSA) is 91.1 Å². The lowest BCUT2D eigenvalue weighted by Gasteiger charge is -2.19. The molecule has 8 heteroatoms. The molecule has 3 aromatic rings. The van der Waals surface area contributed by atoms with Crippen molar-refractivity contribution in [2.45, 2.75) is 48.9 Å². The summed E-state index contributed by atoms with van der Waals surface area (Å²) in [5.74, 6) is -0.330. The van der Waals surface area contributed by atoms with Crippen LogP contribution in [0.4, 0.5) is 0 Å². The predicted octanol–water partition coefficient (Wildman–Crippen LogP) is 4.05. The minimum Gasteiger partial charge on any atom is -0.361 e. The third-order valence-corrected chi connectivity index (χ3v) is 7.07. The van der Waals surface area contributed by atoms with Crippen LogP contribution in [0.25, 0.3) is 10.9 Å². The maximum atomic E-state index is 13.0. The Hall–Kier alpha value is -2.16. The smallest absolute Gasteiger partial charge is 0.241 e. The van der Waals surface area contributed by atoms with Gasteiger partial charge in [0, 0.05) is 28.5 Å². The Morgan fingerprint density at radius 3 is 2.55 bits per heavy atom. The van der Waals surface area contributed by atoms with Gasteiger partial charge >= 0.3 is 0 Å². The monoisotopic (exact) mass is 505 g/mol. The minimum absolute atomic E-state index is 0.142. The molecule has 2 atom stereocenters. The zero-order chi connectivity index (χ0) is 22.4. The minimum atomic E-state index is -3.85. The molecule has 0 bridgehead atoms. The lowest BCUT2D eigenvalue weighted by Crippen LogP contribution is -2.48. The molecule has 3 rings (SSSR count). The van der Waals surface area contributed by atoms with Crippen molar-refractivity contribution in [2.75, 3.05) is 6.54 Å². The van der Waals surface area contributed by atoms with Gasteiger partial charge in [-0.05, 0) is 49.9 Å². The molecule has 3 N–H and O–H groups in total. The summed E-state index contributed by atoms with van der Waals surface area (Å²) in [6, 6.07) is 13.4. The Bertz CT molecular complexity index is 1120. The second-order valence-electron chi connectivity index (χ2n) is 7.76. The number of nitrogens with one attached hydrogen (secondary N) is 3. The van der Waals surface area contributed by atoms with Crippen LogP contribution < -0.4 is 10.0 Å². The molecule has 0 radical (unpaired) electrons. The van der Waals surface area contributed by atoms with Crippen LogP contribution in [0.5, 0.6) is 0 Å². The molecule has 1 amide bonds. The van der Waals surface area contributed by atoms with E-state index in [0.717, 1.165) is 34.9 Å². The van der Waals surface area contributed by atoms with Crippen LogP contribution in [0.2, 0.25) is 0 Å². The molecule has 0 fully saturated rings. The molecule has 1 heterocycles. The highest BCUT2D eigenvalue weighted by molar-refractivity contribution is 9.09. The average molecular weight is 506 g/mol. The molecule has 1 aromatic heterocycles. The summed E-state index contributed by atoms with van der Waals surface area (Å²) in [6.45, 7) is 4.44. The van der Waals surface area contributed by atoms with Gasteiger partial charge in [0.05, 0.1) is 4.90 Å². The summed E-state index contributed by atoms with van der Waals surface area (Å²) in [4.78, 5) is 16.6. The van der Waals surface area contributed by atoms with Crippen molar-refractivity contribution in [1.82, 2.24) is 15.0 Å². The zero-order valence-corrected chi connectivity index (χ0v) is 20.1. The van der Waals surface area contributed by atoms with Gasteiger partial charge in [-0.1, -0.05) is 58.7 Å². The standard InChI is InChI=1S/C23H28BrN3O3S/c1-16-9-11-19(12-10-16)31(29,30)27-22(23(28)25-13-5-6-17(2)24)14-18-15-26-21-8-4-3-7-20(18)21/h3-4,7-12,15,17,22,26-27H,5-6,13-14H2,1-2H3,(H,25,28)/t17?,22-/m0/s1. The summed E-state index contributed by atoms with van der Waals surface area (Å²) in [5, 5.41) is 3.86. The number of fused-ring (bicyclic) bond motifs is 1. The second-order valence-corrected chi connectivity index (χ2v) is 11.0. The number of aryl methyl sites for hydroxylation is 1. The van der Waals surface area contributed by atoms with Gasteiger partial charge in [0.2, 0.25) is 15.9 Å².